The quantitative estimate of drug-likeness (QED) is 0.822. The van der Waals surface area contributed by atoms with Gasteiger partial charge in [0.2, 0.25) is 5.91 Å². The number of benzene rings is 1. The molecular formula is C13H10N2OS. The van der Waals surface area contributed by atoms with Crippen LogP contribution in [0.3, 0.4) is 0 Å². The van der Waals surface area contributed by atoms with Crippen molar-refractivity contribution in [1.29, 1.82) is 0 Å². The van der Waals surface area contributed by atoms with Gasteiger partial charge in [0, 0.05) is 28.0 Å². The Labute approximate surface area is 103 Å². The van der Waals surface area contributed by atoms with E-state index in [0.717, 1.165) is 17.0 Å². The number of thioether (sulfide) groups is 1. The van der Waals surface area contributed by atoms with Gasteiger partial charge in [-0.2, -0.15) is 0 Å². The van der Waals surface area contributed by atoms with E-state index in [4.69, 9.17) is 5.73 Å². The fraction of sp³-hybridized carbons (Fsp3) is 0.0769. The van der Waals surface area contributed by atoms with Crippen LogP contribution in [0.2, 0.25) is 0 Å². The van der Waals surface area contributed by atoms with E-state index < -0.39 is 5.91 Å². The Morgan fingerprint density at radius 2 is 2.29 bits per heavy atom. The summed E-state index contributed by atoms with van der Waals surface area (Å²) in [7, 11) is 0. The van der Waals surface area contributed by atoms with Crippen molar-refractivity contribution in [3.05, 3.63) is 46.4 Å². The van der Waals surface area contributed by atoms with E-state index in [9.17, 15) is 4.79 Å². The van der Waals surface area contributed by atoms with Crippen molar-refractivity contribution in [1.82, 2.24) is 0 Å². The maximum absolute atomic E-state index is 11.1. The van der Waals surface area contributed by atoms with Gasteiger partial charge in [0.05, 0.1) is 5.69 Å². The number of primary amides is 1. The molecule has 2 N–H and O–H groups in total. The second kappa shape index (κ2) is 3.89. The first-order valence-corrected chi connectivity index (χ1v) is 6.26. The minimum Gasteiger partial charge on any atom is -0.366 e. The molecule has 84 valence electrons. The maximum atomic E-state index is 11.1. The van der Waals surface area contributed by atoms with Crippen molar-refractivity contribution in [3.8, 4) is 0 Å². The summed E-state index contributed by atoms with van der Waals surface area (Å²) in [6.45, 7) is 0. The highest BCUT2D eigenvalue weighted by molar-refractivity contribution is 8.04. The Hall–Kier alpha value is -1.81. The van der Waals surface area contributed by atoms with Gasteiger partial charge in [-0.15, -0.1) is 11.8 Å². The third-order valence-electron chi connectivity index (χ3n) is 2.80. The molecule has 3 nitrogen and oxygen atoms in total. The van der Waals surface area contributed by atoms with Gasteiger partial charge in [-0.05, 0) is 23.8 Å². The van der Waals surface area contributed by atoms with Crippen LogP contribution in [0.1, 0.15) is 15.9 Å². The van der Waals surface area contributed by atoms with E-state index in [1.165, 1.54) is 10.5 Å². The molecule has 0 unspecified atom stereocenters. The van der Waals surface area contributed by atoms with Gasteiger partial charge in [0.25, 0.3) is 0 Å². The summed E-state index contributed by atoms with van der Waals surface area (Å²) in [5.74, 6) is 0.571. The smallest absolute Gasteiger partial charge is 0.248 e. The van der Waals surface area contributed by atoms with E-state index >= 15 is 0 Å². The Morgan fingerprint density at radius 1 is 1.41 bits per heavy atom. The summed E-state index contributed by atoms with van der Waals surface area (Å²) in [6.07, 6.45) is 5.97. The first-order valence-electron chi connectivity index (χ1n) is 5.27. The topological polar surface area (TPSA) is 55.5 Å². The summed E-state index contributed by atoms with van der Waals surface area (Å²) in [5, 5.41) is 0. The third kappa shape index (κ3) is 1.70. The highest BCUT2D eigenvalue weighted by Crippen LogP contribution is 2.42. The highest BCUT2D eigenvalue weighted by Gasteiger charge is 2.19. The molecule has 0 saturated carbocycles. The second-order valence-corrected chi connectivity index (χ2v) is 4.90. The zero-order chi connectivity index (χ0) is 11.8. The number of aliphatic imine (C=N–C) groups is 1. The summed E-state index contributed by atoms with van der Waals surface area (Å²) < 4.78 is 0. The Kier molecular flexibility index (Phi) is 2.37. The van der Waals surface area contributed by atoms with Gasteiger partial charge < -0.3 is 5.73 Å². The van der Waals surface area contributed by atoms with Crippen LogP contribution in [0, 0.1) is 0 Å². The van der Waals surface area contributed by atoms with Crippen molar-refractivity contribution in [2.75, 3.05) is 5.75 Å². The monoisotopic (exact) mass is 242 g/mol. The Balaban J connectivity index is 2.18. The van der Waals surface area contributed by atoms with E-state index in [1.807, 2.05) is 12.1 Å². The number of carbonyl (C=O) groups is 1. The van der Waals surface area contributed by atoms with Gasteiger partial charge in [-0.25, -0.2) is 0 Å². The molecule has 0 saturated heterocycles. The van der Waals surface area contributed by atoms with Crippen LogP contribution in [-0.2, 0) is 0 Å². The van der Waals surface area contributed by atoms with Gasteiger partial charge >= 0.3 is 0 Å². The molecule has 0 fully saturated rings. The number of rotatable bonds is 1. The largest absolute Gasteiger partial charge is 0.366 e. The molecule has 0 bridgehead atoms. The summed E-state index contributed by atoms with van der Waals surface area (Å²) in [4.78, 5) is 16.7. The molecule has 0 aliphatic carbocycles. The maximum Gasteiger partial charge on any atom is 0.248 e. The van der Waals surface area contributed by atoms with Crippen molar-refractivity contribution < 1.29 is 4.79 Å². The van der Waals surface area contributed by atoms with Gasteiger partial charge in [0.15, 0.2) is 0 Å². The molecule has 0 spiro atoms. The van der Waals surface area contributed by atoms with Crippen LogP contribution < -0.4 is 5.73 Å². The first kappa shape index (κ1) is 10.4. The predicted molar refractivity (Wildman–Crippen MR) is 71.6 cm³/mol. The number of hydrogen-bond acceptors (Lipinski definition) is 3. The van der Waals surface area contributed by atoms with Gasteiger partial charge in [-0.3, -0.25) is 9.79 Å². The molecule has 17 heavy (non-hydrogen) atoms. The minimum absolute atomic E-state index is 0.421. The number of hydrogen-bond donors (Lipinski definition) is 1. The number of allylic oxidation sites excluding steroid dienone is 2. The van der Waals surface area contributed by atoms with E-state index in [-0.39, 0.29) is 0 Å². The lowest BCUT2D eigenvalue weighted by atomic mass is 10.0. The normalized spacial score (nSPS) is 16.7. The summed E-state index contributed by atoms with van der Waals surface area (Å²) in [5.41, 5.74) is 8.85. The fourth-order valence-electron chi connectivity index (χ4n) is 1.98. The average Bonchev–Trinajstić information content (AvgIpc) is 2.71. The SMILES string of the molecule is NC(=O)c1ccc2c(c1)N=CC=C1SCC=C12. The number of amides is 1. The second-order valence-electron chi connectivity index (χ2n) is 3.83. The standard InChI is InChI=1S/C13H10N2OS/c14-13(16)8-1-2-9-10-4-6-17-12(10)3-5-15-11(9)7-8/h1-5,7H,6H2,(H2,14,16). The van der Waals surface area contributed by atoms with Gasteiger partial charge in [-0.1, -0.05) is 12.1 Å². The Bertz CT molecular complexity index is 599. The van der Waals surface area contributed by atoms with Crippen LogP contribution in [0.5, 0.6) is 0 Å². The van der Waals surface area contributed by atoms with Crippen LogP contribution in [0.4, 0.5) is 5.69 Å². The molecule has 0 atom stereocenters. The van der Waals surface area contributed by atoms with Crippen molar-refractivity contribution in [3.63, 3.8) is 0 Å². The first-order chi connectivity index (χ1) is 8.25. The molecule has 0 radical (unpaired) electrons. The lowest BCUT2D eigenvalue weighted by Gasteiger charge is -2.07. The van der Waals surface area contributed by atoms with Crippen LogP contribution in [-0.4, -0.2) is 17.9 Å². The number of fused-ring (bicyclic) bond motifs is 3. The van der Waals surface area contributed by atoms with E-state index in [2.05, 4.69) is 11.1 Å². The molecule has 2 aliphatic rings. The molecular weight excluding hydrogens is 232 g/mol. The molecule has 0 aromatic heterocycles. The zero-order valence-corrected chi connectivity index (χ0v) is 9.83. The van der Waals surface area contributed by atoms with E-state index in [0.29, 0.717) is 5.56 Å². The molecule has 1 aromatic rings. The summed E-state index contributed by atoms with van der Waals surface area (Å²) in [6, 6.07) is 5.42. The molecule has 1 amide bonds. The number of carbonyl (C=O) groups excluding carboxylic acids is 1. The fourth-order valence-corrected chi connectivity index (χ4v) is 2.91. The van der Waals surface area contributed by atoms with E-state index in [1.54, 1.807) is 30.1 Å². The van der Waals surface area contributed by atoms with Crippen LogP contribution >= 0.6 is 11.8 Å². The predicted octanol–water partition coefficient (Wildman–Crippen LogP) is 2.52. The van der Waals surface area contributed by atoms with Crippen LogP contribution in [0.25, 0.3) is 5.57 Å². The highest BCUT2D eigenvalue weighted by atomic mass is 32.2. The number of nitrogens with two attached hydrogens (primary N) is 1. The van der Waals surface area contributed by atoms with Crippen LogP contribution in [0.15, 0.2) is 40.2 Å². The van der Waals surface area contributed by atoms with Crippen molar-refractivity contribution in [2.24, 2.45) is 10.7 Å². The van der Waals surface area contributed by atoms with Crippen molar-refractivity contribution in [2.45, 2.75) is 0 Å². The molecule has 4 heteroatoms. The Morgan fingerprint density at radius 3 is 3.12 bits per heavy atom. The molecule has 3 rings (SSSR count). The molecule has 2 aliphatic heterocycles. The molecule has 1 aromatic carbocycles. The zero-order valence-electron chi connectivity index (χ0n) is 9.01. The lowest BCUT2D eigenvalue weighted by molar-refractivity contribution is 0.100. The minimum atomic E-state index is -0.421. The number of nitrogens with zero attached hydrogens (tertiary/aromatic N) is 1. The molecule has 2 heterocycles. The lowest BCUT2D eigenvalue weighted by Crippen LogP contribution is -2.10. The summed E-state index contributed by atoms with van der Waals surface area (Å²) >= 11 is 1.80. The average molecular weight is 242 g/mol. The van der Waals surface area contributed by atoms with Crippen molar-refractivity contribution >= 4 is 35.1 Å². The third-order valence-corrected chi connectivity index (χ3v) is 3.80. The van der Waals surface area contributed by atoms with Gasteiger partial charge in [0.1, 0.15) is 0 Å².